The molecule has 0 amide bonds. The number of hydrogen-bond acceptors (Lipinski definition) is 6. The number of nitro groups is 1. The molecule has 8 heteroatoms. The molecular weight excluding hydrogens is 290 g/mol. The second-order valence-corrected chi connectivity index (χ2v) is 6.60. The summed E-state index contributed by atoms with van der Waals surface area (Å²) in [6.07, 6.45) is 5.96. The Labute approximate surface area is 126 Å². The lowest BCUT2D eigenvalue weighted by atomic mass is 9.73. The van der Waals surface area contributed by atoms with E-state index in [-0.39, 0.29) is 16.3 Å². The molecule has 1 saturated carbocycles. The maximum atomic E-state index is 11.4. The van der Waals surface area contributed by atoms with Gasteiger partial charge in [0.05, 0.1) is 5.54 Å². The molecule has 1 fully saturated rings. The fourth-order valence-electron chi connectivity index (χ4n) is 3.22. The maximum Gasteiger partial charge on any atom is 0.372 e. The number of rotatable bonds is 4. The van der Waals surface area contributed by atoms with Crippen molar-refractivity contribution >= 4 is 27.9 Å². The first-order chi connectivity index (χ1) is 10.1. The number of nitrogens with zero attached hydrogens (tertiary/aromatic N) is 3. The molecule has 1 aliphatic rings. The highest BCUT2D eigenvalue weighted by Gasteiger charge is 2.39. The van der Waals surface area contributed by atoms with Crippen LogP contribution in [-0.2, 0) is 0 Å². The van der Waals surface area contributed by atoms with Crippen molar-refractivity contribution in [2.45, 2.75) is 38.1 Å². The number of nitrogens with two attached hydrogens (primary N) is 1. The van der Waals surface area contributed by atoms with Crippen molar-refractivity contribution in [3.63, 3.8) is 0 Å². The van der Waals surface area contributed by atoms with Crippen molar-refractivity contribution in [3.05, 3.63) is 21.7 Å². The van der Waals surface area contributed by atoms with Gasteiger partial charge in [-0.25, -0.2) is 0 Å². The van der Waals surface area contributed by atoms with E-state index in [0.29, 0.717) is 23.2 Å². The number of fused-ring (bicyclic) bond motifs is 1. The van der Waals surface area contributed by atoms with Crippen LogP contribution in [0, 0.1) is 16.0 Å². The molecule has 2 unspecified atom stereocenters. The Balaban J connectivity index is 2.01. The van der Waals surface area contributed by atoms with Crippen molar-refractivity contribution in [2.75, 3.05) is 11.9 Å². The molecule has 0 bridgehead atoms. The Bertz CT molecular complexity index is 667. The third kappa shape index (κ3) is 2.28. The Morgan fingerprint density at radius 2 is 2.48 bits per heavy atom. The van der Waals surface area contributed by atoms with Gasteiger partial charge in [-0.05, 0) is 23.7 Å². The van der Waals surface area contributed by atoms with E-state index in [2.05, 4.69) is 17.2 Å². The van der Waals surface area contributed by atoms with Gasteiger partial charge in [0.15, 0.2) is 0 Å². The molecule has 0 aromatic carbocycles. The number of aromatic nitrogens is 2. The molecule has 2 heterocycles. The summed E-state index contributed by atoms with van der Waals surface area (Å²) in [5.41, 5.74) is 5.71. The molecule has 0 spiro atoms. The van der Waals surface area contributed by atoms with E-state index in [0.717, 1.165) is 19.3 Å². The second-order valence-electron chi connectivity index (χ2n) is 5.73. The van der Waals surface area contributed by atoms with Gasteiger partial charge in [-0.3, -0.25) is 0 Å². The molecular formula is C13H19N5O2S. The standard InChI is InChI=1S/C13H19N5O2S/c1-9-4-2-3-5-13(9,8-14)16-10-11(18(19)20)17-6-7-21-12(17)15-10/h6-7,9,16H,2-5,8,14H2,1H3. The summed E-state index contributed by atoms with van der Waals surface area (Å²) < 4.78 is 1.52. The Hall–Kier alpha value is -1.67. The molecule has 0 radical (unpaired) electrons. The van der Waals surface area contributed by atoms with Crippen LogP contribution in [0.3, 0.4) is 0 Å². The number of imidazole rings is 1. The molecule has 0 aliphatic heterocycles. The third-order valence-corrected chi connectivity index (χ3v) is 5.35. The molecule has 7 nitrogen and oxygen atoms in total. The monoisotopic (exact) mass is 309 g/mol. The molecule has 2 aromatic rings. The summed E-state index contributed by atoms with van der Waals surface area (Å²) in [6, 6.07) is 0. The third-order valence-electron chi connectivity index (χ3n) is 4.59. The molecule has 2 atom stereocenters. The van der Waals surface area contributed by atoms with E-state index in [4.69, 9.17) is 5.73 Å². The Morgan fingerprint density at radius 1 is 1.67 bits per heavy atom. The lowest BCUT2D eigenvalue weighted by molar-refractivity contribution is -0.389. The van der Waals surface area contributed by atoms with E-state index in [9.17, 15) is 10.1 Å². The Kier molecular flexibility index (Phi) is 3.58. The van der Waals surface area contributed by atoms with Crippen molar-refractivity contribution in [3.8, 4) is 0 Å². The topological polar surface area (TPSA) is 98.5 Å². The highest BCUT2D eigenvalue weighted by molar-refractivity contribution is 7.15. The van der Waals surface area contributed by atoms with Crippen LogP contribution in [-0.4, -0.2) is 26.4 Å². The van der Waals surface area contributed by atoms with Gasteiger partial charge in [-0.2, -0.15) is 9.38 Å². The molecule has 0 saturated heterocycles. The fourth-order valence-corrected chi connectivity index (χ4v) is 3.93. The largest absolute Gasteiger partial charge is 0.372 e. The lowest BCUT2D eigenvalue weighted by Crippen LogP contribution is -2.52. The van der Waals surface area contributed by atoms with Gasteiger partial charge in [-0.1, -0.05) is 31.1 Å². The summed E-state index contributed by atoms with van der Waals surface area (Å²) in [7, 11) is 0. The summed E-state index contributed by atoms with van der Waals surface area (Å²) in [5.74, 6) is 0.707. The van der Waals surface area contributed by atoms with Crippen LogP contribution < -0.4 is 11.1 Å². The van der Waals surface area contributed by atoms with Crippen LogP contribution >= 0.6 is 11.3 Å². The second kappa shape index (κ2) is 5.27. The highest BCUT2D eigenvalue weighted by Crippen LogP contribution is 2.38. The zero-order valence-corrected chi connectivity index (χ0v) is 12.7. The fraction of sp³-hybridized carbons (Fsp3) is 0.615. The number of anilines is 1. The average molecular weight is 309 g/mol. The van der Waals surface area contributed by atoms with Crippen LogP contribution in [0.25, 0.3) is 4.96 Å². The summed E-state index contributed by atoms with van der Waals surface area (Å²) >= 11 is 1.39. The van der Waals surface area contributed by atoms with Gasteiger partial charge in [0.2, 0.25) is 5.82 Å². The van der Waals surface area contributed by atoms with Gasteiger partial charge < -0.3 is 21.2 Å². The maximum absolute atomic E-state index is 11.4. The number of thiazole rings is 1. The molecule has 2 aromatic heterocycles. The summed E-state index contributed by atoms with van der Waals surface area (Å²) in [4.78, 5) is 16.0. The van der Waals surface area contributed by atoms with Crippen LogP contribution in [0.1, 0.15) is 32.6 Å². The first-order valence-corrected chi connectivity index (χ1v) is 8.03. The van der Waals surface area contributed by atoms with Crippen molar-refractivity contribution in [1.82, 2.24) is 9.38 Å². The molecule has 1 aliphatic carbocycles. The van der Waals surface area contributed by atoms with Crippen molar-refractivity contribution in [2.24, 2.45) is 11.7 Å². The smallest absolute Gasteiger partial charge is 0.358 e. The minimum atomic E-state index is -0.382. The van der Waals surface area contributed by atoms with E-state index < -0.39 is 0 Å². The predicted octanol–water partition coefficient (Wildman–Crippen LogP) is 2.62. The zero-order chi connectivity index (χ0) is 15.0. The van der Waals surface area contributed by atoms with Crippen molar-refractivity contribution < 1.29 is 4.92 Å². The van der Waals surface area contributed by atoms with E-state index >= 15 is 0 Å². The zero-order valence-electron chi connectivity index (χ0n) is 11.9. The quantitative estimate of drug-likeness (QED) is 0.668. The molecule has 21 heavy (non-hydrogen) atoms. The van der Waals surface area contributed by atoms with Gasteiger partial charge in [0.1, 0.15) is 6.20 Å². The summed E-state index contributed by atoms with van der Waals surface area (Å²) in [6.45, 7) is 2.61. The number of nitrogens with one attached hydrogen (secondary N) is 1. The first-order valence-electron chi connectivity index (χ1n) is 7.15. The first kappa shape index (κ1) is 14.3. The van der Waals surface area contributed by atoms with E-state index in [1.54, 1.807) is 11.6 Å². The SMILES string of the molecule is CC1CCCCC1(CN)Nc1nc2sccn2c1[N+](=O)[O-]. The molecule has 114 valence electrons. The normalized spacial score (nSPS) is 26.1. The minimum Gasteiger partial charge on any atom is -0.358 e. The van der Waals surface area contributed by atoms with Crippen LogP contribution in [0.5, 0.6) is 0 Å². The Morgan fingerprint density at radius 3 is 3.14 bits per heavy atom. The minimum absolute atomic E-state index is 0.00292. The van der Waals surface area contributed by atoms with Crippen molar-refractivity contribution in [1.29, 1.82) is 0 Å². The molecule has 3 N–H and O–H groups in total. The van der Waals surface area contributed by atoms with Gasteiger partial charge in [0.25, 0.3) is 4.96 Å². The van der Waals surface area contributed by atoms with Gasteiger partial charge in [0, 0.05) is 11.9 Å². The average Bonchev–Trinajstić information content (AvgIpc) is 3.01. The van der Waals surface area contributed by atoms with Crippen LogP contribution in [0.2, 0.25) is 0 Å². The van der Waals surface area contributed by atoms with E-state index in [1.165, 1.54) is 22.2 Å². The highest BCUT2D eigenvalue weighted by atomic mass is 32.1. The number of hydrogen-bond donors (Lipinski definition) is 2. The lowest BCUT2D eigenvalue weighted by Gasteiger charge is -2.42. The van der Waals surface area contributed by atoms with E-state index in [1.807, 2.05) is 0 Å². The van der Waals surface area contributed by atoms with Gasteiger partial charge >= 0.3 is 5.82 Å². The summed E-state index contributed by atoms with van der Waals surface area (Å²) in [5, 5.41) is 16.5. The van der Waals surface area contributed by atoms with Crippen LogP contribution in [0.15, 0.2) is 11.6 Å². The van der Waals surface area contributed by atoms with Crippen LogP contribution in [0.4, 0.5) is 11.6 Å². The van der Waals surface area contributed by atoms with Gasteiger partial charge in [-0.15, -0.1) is 0 Å². The molecule has 3 rings (SSSR count). The predicted molar refractivity (Wildman–Crippen MR) is 82.8 cm³/mol.